The summed E-state index contributed by atoms with van der Waals surface area (Å²) in [4.78, 5) is 24.6. The van der Waals surface area contributed by atoms with Gasteiger partial charge in [0, 0.05) is 12.8 Å². The van der Waals surface area contributed by atoms with Crippen LogP contribution in [0.5, 0.6) is 0 Å². The van der Waals surface area contributed by atoms with Gasteiger partial charge in [0.25, 0.3) is 0 Å². The molecule has 0 saturated heterocycles. The van der Waals surface area contributed by atoms with Crippen molar-refractivity contribution < 1.29 is 24.5 Å². The van der Waals surface area contributed by atoms with Gasteiger partial charge in [-0.15, -0.1) is 0 Å². The summed E-state index contributed by atoms with van der Waals surface area (Å²) in [5, 5.41) is 23.2. The molecule has 0 rings (SSSR count). The molecule has 0 radical (unpaired) electrons. The van der Waals surface area contributed by atoms with Gasteiger partial charge in [0.15, 0.2) is 0 Å². The van der Waals surface area contributed by atoms with Crippen molar-refractivity contribution >= 4 is 11.9 Å². The minimum absolute atomic E-state index is 0.00326. The van der Waals surface area contributed by atoms with E-state index in [1.807, 2.05) is 6.08 Å². The Morgan fingerprint density at radius 2 is 0.644 bits per heavy atom. The second kappa shape index (κ2) is 62.6. The molecular formula is C67H127NO5. The van der Waals surface area contributed by atoms with E-state index in [9.17, 15) is 19.8 Å². The van der Waals surface area contributed by atoms with E-state index in [0.29, 0.717) is 19.4 Å². The van der Waals surface area contributed by atoms with E-state index in [1.165, 1.54) is 276 Å². The lowest BCUT2D eigenvalue weighted by Gasteiger charge is -2.20. The smallest absolute Gasteiger partial charge is 0.305 e. The number of aliphatic hydroxyl groups excluding tert-OH is 2. The predicted octanol–water partition coefficient (Wildman–Crippen LogP) is 20.8. The molecule has 0 aliphatic carbocycles. The summed E-state index contributed by atoms with van der Waals surface area (Å²) < 4.78 is 5.48. The average Bonchev–Trinajstić information content (AvgIpc) is 3.39. The molecule has 73 heavy (non-hydrogen) atoms. The Labute approximate surface area is 455 Å². The highest BCUT2D eigenvalue weighted by molar-refractivity contribution is 5.76. The lowest BCUT2D eigenvalue weighted by molar-refractivity contribution is -0.143. The molecule has 6 nitrogen and oxygen atoms in total. The highest BCUT2D eigenvalue weighted by atomic mass is 16.5. The molecule has 2 atom stereocenters. The zero-order valence-corrected chi connectivity index (χ0v) is 49.1. The van der Waals surface area contributed by atoms with Gasteiger partial charge >= 0.3 is 5.97 Å². The number of aliphatic hydroxyl groups is 2. The number of carbonyl (C=O) groups excluding carboxylic acids is 2. The minimum Gasteiger partial charge on any atom is -0.466 e. The molecule has 0 aromatic rings. The SMILES string of the molecule is CCCCCCCC/C=C\CCCCCCCC(=O)OCCCCCCCCCCCCCC/C=C\CCCCCCCCCC(=O)NC(CO)C(O)/C=C/CCCCCCCCCCCCCCCCCC. The van der Waals surface area contributed by atoms with Crippen molar-refractivity contribution in [2.75, 3.05) is 13.2 Å². The lowest BCUT2D eigenvalue weighted by atomic mass is 10.0. The van der Waals surface area contributed by atoms with Gasteiger partial charge in [-0.3, -0.25) is 9.59 Å². The van der Waals surface area contributed by atoms with Crippen LogP contribution in [0.1, 0.15) is 354 Å². The van der Waals surface area contributed by atoms with Gasteiger partial charge in [-0.1, -0.05) is 294 Å². The number of nitrogens with one attached hydrogen (secondary N) is 1. The number of allylic oxidation sites excluding steroid dienone is 5. The van der Waals surface area contributed by atoms with E-state index in [2.05, 4.69) is 43.5 Å². The standard InChI is InChI=1S/C67H127NO5/c1-3-5-7-9-11-13-15-17-19-20-28-32-35-39-43-47-51-55-59-65(70)64(63-69)68-66(71)60-56-52-48-44-40-36-33-29-26-24-22-21-23-25-27-30-34-38-42-46-50-54-58-62-73-67(72)61-57-53-49-45-41-37-31-18-16-14-12-10-8-6-4-2/h18,24,26,31,55,59,64-65,69-70H,3-17,19-23,25,27-30,32-54,56-58,60-63H2,1-2H3,(H,68,71)/b26-24-,31-18-,59-55+. The number of hydrogen-bond acceptors (Lipinski definition) is 5. The van der Waals surface area contributed by atoms with Crippen molar-refractivity contribution in [2.45, 2.75) is 366 Å². The molecule has 0 aromatic heterocycles. The summed E-state index contributed by atoms with van der Waals surface area (Å²) in [5.41, 5.74) is 0. The molecule has 430 valence electrons. The largest absolute Gasteiger partial charge is 0.466 e. The maximum absolute atomic E-state index is 12.5. The molecule has 6 heteroatoms. The molecule has 0 spiro atoms. The van der Waals surface area contributed by atoms with Gasteiger partial charge in [0.05, 0.1) is 25.4 Å². The first-order valence-electron chi connectivity index (χ1n) is 32.8. The normalized spacial score (nSPS) is 12.8. The topological polar surface area (TPSA) is 95.9 Å². The Balaban J connectivity index is 3.44. The second-order valence-electron chi connectivity index (χ2n) is 22.4. The van der Waals surface area contributed by atoms with Crippen LogP contribution in [0.25, 0.3) is 0 Å². The number of esters is 1. The van der Waals surface area contributed by atoms with Crippen LogP contribution in [0.2, 0.25) is 0 Å². The Hall–Kier alpha value is -1.92. The number of hydrogen-bond donors (Lipinski definition) is 3. The molecule has 0 saturated carbocycles. The number of amides is 1. The van der Waals surface area contributed by atoms with Crippen molar-refractivity contribution in [2.24, 2.45) is 0 Å². The quantitative estimate of drug-likeness (QED) is 0.0320. The first-order chi connectivity index (χ1) is 36.0. The first-order valence-corrected chi connectivity index (χ1v) is 32.8. The molecule has 1 amide bonds. The van der Waals surface area contributed by atoms with Crippen LogP contribution in [-0.4, -0.2) is 47.4 Å². The lowest BCUT2D eigenvalue weighted by Crippen LogP contribution is -2.45. The third-order valence-electron chi connectivity index (χ3n) is 15.1. The Bertz CT molecular complexity index is 1180. The maximum Gasteiger partial charge on any atom is 0.305 e. The fraction of sp³-hybridized carbons (Fsp3) is 0.881. The summed E-state index contributed by atoms with van der Waals surface area (Å²) >= 11 is 0. The van der Waals surface area contributed by atoms with Crippen molar-refractivity contribution in [3.05, 3.63) is 36.5 Å². The molecule has 0 aliphatic rings. The summed E-state index contributed by atoms with van der Waals surface area (Å²) in [6.45, 7) is 4.91. The van der Waals surface area contributed by atoms with E-state index in [-0.39, 0.29) is 18.5 Å². The first kappa shape index (κ1) is 71.1. The summed E-state index contributed by atoms with van der Waals surface area (Å²) in [6.07, 6.45) is 79.1. The van der Waals surface area contributed by atoms with Crippen LogP contribution < -0.4 is 5.32 Å². The third-order valence-corrected chi connectivity index (χ3v) is 15.1. The molecule has 0 bridgehead atoms. The number of carbonyl (C=O) groups is 2. The highest BCUT2D eigenvalue weighted by Crippen LogP contribution is 2.17. The summed E-state index contributed by atoms with van der Waals surface area (Å²) in [5.74, 6) is -0.0689. The van der Waals surface area contributed by atoms with Crippen LogP contribution in [0.4, 0.5) is 0 Å². The Kier molecular flexibility index (Phi) is 61.0. The van der Waals surface area contributed by atoms with Gasteiger partial charge in [0.1, 0.15) is 0 Å². The Morgan fingerprint density at radius 3 is 0.973 bits per heavy atom. The van der Waals surface area contributed by atoms with Crippen LogP contribution in [0, 0.1) is 0 Å². The van der Waals surface area contributed by atoms with E-state index in [0.717, 1.165) is 51.4 Å². The minimum atomic E-state index is -0.849. The average molecular weight is 1030 g/mol. The molecule has 0 heterocycles. The van der Waals surface area contributed by atoms with E-state index in [1.54, 1.807) is 6.08 Å². The van der Waals surface area contributed by atoms with Crippen molar-refractivity contribution in [3.8, 4) is 0 Å². The van der Waals surface area contributed by atoms with Crippen molar-refractivity contribution in [1.29, 1.82) is 0 Å². The van der Waals surface area contributed by atoms with Gasteiger partial charge in [-0.05, 0) is 83.5 Å². The zero-order valence-electron chi connectivity index (χ0n) is 49.1. The molecule has 0 fully saturated rings. The highest BCUT2D eigenvalue weighted by Gasteiger charge is 2.18. The maximum atomic E-state index is 12.5. The molecule has 0 aromatic carbocycles. The van der Waals surface area contributed by atoms with Gasteiger partial charge in [-0.2, -0.15) is 0 Å². The van der Waals surface area contributed by atoms with E-state index >= 15 is 0 Å². The van der Waals surface area contributed by atoms with Gasteiger partial charge < -0.3 is 20.3 Å². The molecular weight excluding hydrogens is 899 g/mol. The van der Waals surface area contributed by atoms with Gasteiger partial charge in [0.2, 0.25) is 5.91 Å². The molecule has 2 unspecified atom stereocenters. The number of unbranched alkanes of at least 4 members (excludes halogenated alkanes) is 46. The fourth-order valence-electron chi connectivity index (χ4n) is 10.1. The summed E-state index contributed by atoms with van der Waals surface area (Å²) in [6, 6.07) is -0.633. The third kappa shape index (κ3) is 59.2. The van der Waals surface area contributed by atoms with Crippen LogP contribution in [-0.2, 0) is 14.3 Å². The van der Waals surface area contributed by atoms with Crippen molar-refractivity contribution in [3.63, 3.8) is 0 Å². The second-order valence-corrected chi connectivity index (χ2v) is 22.4. The van der Waals surface area contributed by atoms with E-state index < -0.39 is 12.1 Å². The van der Waals surface area contributed by atoms with Gasteiger partial charge in [-0.25, -0.2) is 0 Å². The zero-order chi connectivity index (χ0) is 52.9. The molecule has 3 N–H and O–H groups in total. The fourth-order valence-corrected chi connectivity index (χ4v) is 10.1. The van der Waals surface area contributed by atoms with Crippen LogP contribution in [0.3, 0.4) is 0 Å². The summed E-state index contributed by atoms with van der Waals surface area (Å²) in [7, 11) is 0. The monoisotopic (exact) mass is 1030 g/mol. The van der Waals surface area contributed by atoms with Crippen LogP contribution in [0.15, 0.2) is 36.5 Å². The number of rotatable bonds is 61. The van der Waals surface area contributed by atoms with Crippen molar-refractivity contribution in [1.82, 2.24) is 5.32 Å². The Morgan fingerprint density at radius 1 is 0.370 bits per heavy atom. The predicted molar refractivity (Wildman–Crippen MR) is 319 cm³/mol. The number of ether oxygens (including phenoxy) is 1. The van der Waals surface area contributed by atoms with E-state index in [4.69, 9.17) is 4.74 Å². The van der Waals surface area contributed by atoms with Crippen LogP contribution >= 0.6 is 0 Å². The molecule has 0 aliphatic heterocycles.